The van der Waals surface area contributed by atoms with E-state index in [2.05, 4.69) is 11.2 Å². The Hall–Kier alpha value is -2.95. The molecule has 2 aromatic carbocycles. The topological polar surface area (TPSA) is 55.2 Å². The molecule has 0 radical (unpaired) electrons. The van der Waals surface area contributed by atoms with E-state index in [0.29, 0.717) is 19.3 Å². The summed E-state index contributed by atoms with van der Waals surface area (Å²) in [7, 11) is 0. The quantitative estimate of drug-likeness (QED) is 0.722. The first kappa shape index (κ1) is 16.5. The van der Waals surface area contributed by atoms with Gasteiger partial charge in [-0.2, -0.15) is 5.10 Å². The molecule has 0 bridgehead atoms. The number of fused-ring (bicyclic) bond motifs is 2. The highest BCUT2D eigenvalue weighted by molar-refractivity contribution is 5.96. The molecule has 0 atom stereocenters. The van der Waals surface area contributed by atoms with Crippen molar-refractivity contribution in [2.75, 3.05) is 11.4 Å². The number of amides is 1. The normalized spacial score (nSPS) is 13.2. The van der Waals surface area contributed by atoms with Crippen LogP contribution in [-0.4, -0.2) is 28.1 Å². The molecule has 0 aliphatic carbocycles. The van der Waals surface area contributed by atoms with Gasteiger partial charge in [-0.25, -0.2) is 4.68 Å². The number of rotatable bonds is 4. The van der Waals surface area contributed by atoms with Crippen LogP contribution in [0.4, 0.5) is 5.69 Å². The zero-order chi connectivity index (χ0) is 18.1. The first-order valence-corrected chi connectivity index (χ1v) is 8.99. The maximum atomic E-state index is 12.5. The molecular weight excluding hydrogens is 326 g/mol. The highest BCUT2D eigenvalue weighted by Gasteiger charge is 2.23. The molecule has 0 unspecified atom stereocenters. The molecule has 5 heteroatoms. The summed E-state index contributed by atoms with van der Waals surface area (Å²) in [5.41, 5.74) is 4.19. The number of aryl methyl sites for hydroxylation is 1. The summed E-state index contributed by atoms with van der Waals surface area (Å²) in [4.78, 5) is 26.8. The molecule has 0 N–H and O–H groups in total. The van der Waals surface area contributed by atoms with Gasteiger partial charge in [0.1, 0.15) is 0 Å². The highest BCUT2D eigenvalue weighted by Crippen LogP contribution is 2.28. The van der Waals surface area contributed by atoms with Gasteiger partial charge in [-0.05, 0) is 43.5 Å². The lowest BCUT2D eigenvalue weighted by molar-refractivity contribution is -0.118. The van der Waals surface area contributed by atoms with Gasteiger partial charge in [0.2, 0.25) is 11.8 Å². The van der Waals surface area contributed by atoms with Crippen molar-refractivity contribution in [2.45, 2.75) is 32.6 Å². The molecule has 0 saturated heterocycles. The maximum absolute atomic E-state index is 12.5. The van der Waals surface area contributed by atoms with Crippen molar-refractivity contribution >= 4 is 28.4 Å². The Morgan fingerprint density at radius 2 is 1.88 bits per heavy atom. The number of para-hydroxylation sites is 1. The molecule has 132 valence electrons. The van der Waals surface area contributed by atoms with Gasteiger partial charge in [-0.3, -0.25) is 9.59 Å². The van der Waals surface area contributed by atoms with E-state index in [1.165, 1.54) is 10.2 Å². The van der Waals surface area contributed by atoms with Gasteiger partial charge < -0.3 is 4.90 Å². The van der Waals surface area contributed by atoms with Crippen LogP contribution in [0.5, 0.6) is 0 Å². The van der Waals surface area contributed by atoms with Crippen LogP contribution < -0.4 is 4.90 Å². The number of benzene rings is 2. The Bertz CT molecular complexity index is 990. The van der Waals surface area contributed by atoms with Gasteiger partial charge in [-0.15, -0.1) is 0 Å². The van der Waals surface area contributed by atoms with E-state index in [0.717, 1.165) is 35.1 Å². The SMILES string of the molecule is Cc1ccc2c(cnn2C(=O)CCCC(=O)N2CCc3ccccc32)c1. The lowest BCUT2D eigenvalue weighted by atomic mass is 10.1. The van der Waals surface area contributed by atoms with Crippen molar-refractivity contribution in [3.05, 3.63) is 59.8 Å². The van der Waals surface area contributed by atoms with Crippen LogP contribution in [0.2, 0.25) is 0 Å². The molecule has 2 heterocycles. The van der Waals surface area contributed by atoms with Crippen molar-refractivity contribution in [1.82, 2.24) is 9.78 Å². The van der Waals surface area contributed by atoms with E-state index in [1.54, 1.807) is 6.20 Å². The van der Waals surface area contributed by atoms with Crippen molar-refractivity contribution in [3.8, 4) is 0 Å². The van der Waals surface area contributed by atoms with Crippen LogP contribution in [0.15, 0.2) is 48.7 Å². The molecule has 1 amide bonds. The van der Waals surface area contributed by atoms with Gasteiger partial charge in [0.05, 0.1) is 11.7 Å². The zero-order valence-electron chi connectivity index (χ0n) is 14.8. The average molecular weight is 347 g/mol. The van der Waals surface area contributed by atoms with Crippen LogP contribution in [0.1, 0.15) is 35.2 Å². The summed E-state index contributed by atoms with van der Waals surface area (Å²) >= 11 is 0. The summed E-state index contributed by atoms with van der Waals surface area (Å²) in [6, 6.07) is 13.9. The molecule has 0 saturated carbocycles. The first-order chi connectivity index (χ1) is 12.6. The van der Waals surface area contributed by atoms with Gasteiger partial charge in [0.25, 0.3) is 0 Å². The lowest BCUT2D eigenvalue weighted by Crippen LogP contribution is -2.28. The number of anilines is 1. The minimum absolute atomic E-state index is 0.0709. The van der Waals surface area contributed by atoms with Gasteiger partial charge in [0, 0.05) is 30.5 Å². The number of aromatic nitrogens is 2. The average Bonchev–Trinajstić information content (AvgIpc) is 3.25. The Labute approximate surface area is 152 Å². The Balaban J connectivity index is 1.37. The van der Waals surface area contributed by atoms with E-state index >= 15 is 0 Å². The molecular formula is C21H21N3O2. The number of nitrogens with zero attached hydrogens (tertiary/aromatic N) is 3. The predicted octanol–water partition coefficient (Wildman–Crippen LogP) is 3.74. The summed E-state index contributed by atoms with van der Waals surface area (Å²) in [6.45, 7) is 2.75. The summed E-state index contributed by atoms with van der Waals surface area (Å²) in [5, 5.41) is 5.17. The largest absolute Gasteiger partial charge is 0.312 e. The van der Waals surface area contributed by atoms with E-state index in [9.17, 15) is 9.59 Å². The third-order valence-corrected chi connectivity index (χ3v) is 4.93. The fourth-order valence-electron chi connectivity index (χ4n) is 3.58. The fourth-order valence-corrected chi connectivity index (χ4v) is 3.58. The van der Waals surface area contributed by atoms with Crippen molar-refractivity contribution in [3.63, 3.8) is 0 Å². The number of hydrogen-bond donors (Lipinski definition) is 0. The Morgan fingerprint density at radius 1 is 1.08 bits per heavy atom. The predicted molar refractivity (Wildman–Crippen MR) is 101 cm³/mol. The number of carbonyl (C=O) groups excluding carboxylic acids is 2. The van der Waals surface area contributed by atoms with Crippen LogP contribution in [0.25, 0.3) is 10.9 Å². The van der Waals surface area contributed by atoms with Crippen molar-refractivity contribution < 1.29 is 9.59 Å². The van der Waals surface area contributed by atoms with Gasteiger partial charge in [-0.1, -0.05) is 29.8 Å². The second-order valence-corrected chi connectivity index (χ2v) is 6.79. The van der Waals surface area contributed by atoms with Gasteiger partial charge in [0.15, 0.2) is 0 Å². The summed E-state index contributed by atoms with van der Waals surface area (Å²) in [5.74, 6) is 0.0159. The third-order valence-electron chi connectivity index (χ3n) is 4.93. The molecule has 1 aromatic heterocycles. The lowest BCUT2D eigenvalue weighted by Gasteiger charge is -2.17. The van der Waals surface area contributed by atoms with E-state index in [1.807, 2.05) is 48.2 Å². The minimum atomic E-state index is -0.0709. The van der Waals surface area contributed by atoms with E-state index in [4.69, 9.17) is 0 Å². The van der Waals surface area contributed by atoms with Crippen molar-refractivity contribution in [2.24, 2.45) is 0 Å². The molecule has 26 heavy (non-hydrogen) atoms. The number of hydrogen-bond acceptors (Lipinski definition) is 3. The monoisotopic (exact) mass is 347 g/mol. The summed E-state index contributed by atoms with van der Waals surface area (Å²) < 4.78 is 1.45. The molecule has 0 fully saturated rings. The molecule has 3 aromatic rings. The molecule has 1 aliphatic rings. The standard InChI is InChI=1S/C21H21N3O2/c1-15-9-10-19-17(13-15)14-22-24(19)21(26)8-4-7-20(25)23-12-11-16-5-2-3-6-18(16)23/h2-3,5-6,9-10,13-14H,4,7-8,11-12H2,1H3. The van der Waals surface area contributed by atoms with Crippen LogP contribution in [0, 0.1) is 6.92 Å². The third kappa shape index (κ3) is 3.01. The summed E-state index contributed by atoms with van der Waals surface area (Å²) in [6.07, 6.45) is 3.83. The smallest absolute Gasteiger partial charge is 0.247 e. The van der Waals surface area contributed by atoms with Crippen LogP contribution in [-0.2, 0) is 11.2 Å². The molecule has 0 spiro atoms. The first-order valence-electron chi connectivity index (χ1n) is 8.99. The zero-order valence-corrected chi connectivity index (χ0v) is 14.8. The molecule has 5 nitrogen and oxygen atoms in total. The maximum Gasteiger partial charge on any atom is 0.247 e. The second kappa shape index (κ2) is 6.75. The Kier molecular flexibility index (Phi) is 4.29. The van der Waals surface area contributed by atoms with Crippen molar-refractivity contribution in [1.29, 1.82) is 0 Å². The van der Waals surface area contributed by atoms with Crippen LogP contribution in [0.3, 0.4) is 0 Å². The van der Waals surface area contributed by atoms with E-state index in [-0.39, 0.29) is 11.8 Å². The van der Waals surface area contributed by atoms with Gasteiger partial charge >= 0.3 is 0 Å². The molecule has 4 rings (SSSR count). The van der Waals surface area contributed by atoms with Crippen LogP contribution >= 0.6 is 0 Å². The second-order valence-electron chi connectivity index (χ2n) is 6.79. The highest BCUT2D eigenvalue weighted by atomic mass is 16.2. The van der Waals surface area contributed by atoms with E-state index < -0.39 is 0 Å². The minimum Gasteiger partial charge on any atom is -0.312 e. The molecule has 1 aliphatic heterocycles. The number of carbonyl (C=O) groups is 2. The Morgan fingerprint density at radius 3 is 2.77 bits per heavy atom. The fraction of sp³-hybridized carbons (Fsp3) is 0.286.